The molecule has 0 radical (unpaired) electrons. The molecular weight excluding hydrogens is 432 g/mol. The molecule has 2 amide bonds. The molecule has 7 heteroatoms. The maximum atomic E-state index is 13.2. The number of amides is 2. The summed E-state index contributed by atoms with van der Waals surface area (Å²) in [6.07, 6.45) is 5.60. The highest BCUT2D eigenvalue weighted by molar-refractivity contribution is 6.51. The first-order valence-electron chi connectivity index (χ1n) is 11.3. The van der Waals surface area contributed by atoms with E-state index in [-0.39, 0.29) is 17.2 Å². The topological polar surface area (TPSA) is 99.9 Å². The van der Waals surface area contributed by atoms with E-state index >= 15 is 0 Å². The number of aryl methyl sites for hydroxylation is 2. The van der Waals surface area contributed by atoms with Crippen molar-refractivity contribution < 1.29 is 23.9 Å². The van der Waals surface area contributed by atoms with Gasteiger partial charge in [0.2, 0.25) is 5.91 Å². The Kier molecular flexibility index (Phi) is 5.53. The molecule has 3 aromatic rings. The number of aliphatic hydroxyl groups excluding tert-OH is 1. The van der Waals surface area contributed by atoms with Gasteiger partial charge in [0.1, 0.15) is 17.6 Å². The van der Waals surface area contributed by atoms with Gasteiger partial charge >= 0.3 is 0 Å². The van der Waals surface area contributed by atoms with E-state index in [2.05, 4.69) is 5.32 Å². The number of carbonyl (C=O) groups excluding carboxylic acids is 3. The first kappa shape index (κ1) is 21.7. The number of carbonyl (C=O) groups is 3. The molecular formula is C27H24N2O5. The van der Waals surface area contributed by atoms with Crippen LogP contribution in [0.1, 0.15) is 48.3 Å². The number of furan rings is 1. The SMILES string of the molecule is CC(=O)Nc1cccc(N2C(=O)C(=O)/C(=C(\O)c3ccc4c(c3)CCCC4)C2c2ccco2)c1. The van der Waals surface area contributed by atoms with Gasteiger partial charge in [-0.25, -0.2) is 0 Å². The zero-order valence-corrected chi connectivity index (χ0v) is 18.7. The summed E-state index contributed by atoms with van der Waals surface area (Å²) in [5, 5.41) is 14.0. The summed E-state index contributed by atoms with van der Waals surface area (Å²) in [4.78, 5) is 39.3. The molecule has 5 rings (SSSR count). The zero-order chi connectivity index (χ0) is 23.8. The number of hydrogen-bond donors (Lipinski definition) is 2. The van der Waals surface area contributed by atoms with E-state index in [1.165, 1.54) is 23.7 Å². The summed E-state index contributed by atoms with van der Waals surface area (Å²) >= 11 is 0. The molecule has 1 aliphatic carbocycles. The van der Waals surface area contributed by atoms with Crippen LogP contribution in [0, 0.1) is 0 Å². The molecule has 1 atom stereocenters. The smallest absolute Gasteiger partial charge is 0.300 e. The van der Waals surface area contributed by atoms with Crippen LogP contribution in [0.4, 0.5) is 11.4 Å². The molecule has 1 aliphatic heterocycles. The highest BCUT2D eigenvalue weighted by atomic mass is 16.3. The molecule has 0 saturated carbocycles. The van der Waals surface area contributed by atoms with Gasteiger partial charge < -0.3 is 14.8 Å². The second-order valence-corrected chi connectivity index (χ2v) is 8.61. The maximum absolute atomic E-state index is 13.2. The molecule has 2 aromatic carbocycles. The minimum absolute atomic E-state index is 0.0272. The summed E-state index contributed by atoms with van der Waals surface area (Å²) in [6, 6.07) is 14.7. The Morgan fingerprint density at radius 3 is 2.56 bits per heavy atom. The molecule has 2 N–H and O–H groups in total. The van der Waals surface area contributed by atoms with Gasteiger partial charge in [0.25, 0.3) is 11.7 Å². The quantitative estimate of drug-likeness (QED) is 0.336. The minimum Gasteiger partial charge on any atom is -0.507 e. The lowest BCUT2D eigenvalue weighted by Crippen LogP contribution is -2.29. The minimum atomic E-state index is -0.946. The van der Waals surface area contributed by atoms with Crippen LogP contribution in [0.2, 0.25) is 0 Å². The third kappa shape index (κ3) is 3.79. The number of anilines is 2. The second-order valence-electron chi connectivity index (χ2n) is 8.61. The van der Waals surface area contributed by atoms with Crippen LogP contribution in [0.15, 0.2) is 70.9 Å². The Bertz CT molecular complexity index is 1320. The number of rotatable bonds is 4. The number of fused-ring (bicyclic) bond motifs is 1. The molecule has 0 bridgehead atoms. The Labute approximate surface area is 196 Å². The number of aliphatic hydroxyl groups is 1. The molecule has 1 saturated heterocycles. The van der Waals surface area contributed by atoms with Crippen molar-refractivity contribution in [2.24, 2.45) is 0 Å². The van der Waals surface area contributed by atoms with Crippen molar-refractivity contribution in [2.45, 2.75) is 38.6 Å². The van der Waals surface area contributed by atoms with Gasteiger partial charge in [-0.05, 0) is 73.2 Å². The van der Waals surface area contributed by atoms with Crippen LogP contribution in [0.3, 0.4) is 0 Å². The monoisotopic (exact) mass is 456 g/mol. The predicted octanol–water partition coefficient (Wildman–Crippen LogP) is 4.74. The number of hydrogen-bond acceptors (Lipinski definition) is 5. The van der Waals surface area contributed by atoms with Gasteiger partial charge in [-0.3, -0.25) is 19.3 Å². The number of nitrogens with zero attached hydrogens (tertiary/aromatic N) is 1. The van der Waals surface area contributed by atoms with Crippen molar-refractivity contribution in [1.29, 1.82) is 0 Å². The maximum Gasteiger partial charge on any atom is 0.300 e. The van der Waals surface area contributed by atoms with E-state index in [4.69, 9.17) is 4.42 Å². The number of Topliss-reactive ketones (excluding diaryl/α,β-unsaturated/α-hetero) is 1. The van der Waals surface area contributed by atoms with E-state index in [1.54, 1.807) is 42.5 Å². The predicted molar refractivity (Wildman–Crippen MR) is 127 cm³/mol. The van der Waals surface area contributed by atoms with Crippen LogP contribution in [-0.4, -0.2) is 22.7 Å². The highest BCUT2D eigenvalue weighted by Crippen LogP contribution is 2.43. The molecule has 7 nitrogen and oxygen atoms in total. The van der Waals surface area contributed by atoms with Crippen molar-refractivity contribution in [2.75, 3.05) is 10.2 Å². The fourth-order valence-electron chi connectivity index (χ4n) is 4.79. The van der Waals surface area contributed by atoms with Gasteiger partial charge in [-0.2, -0.15) is 0 Å². The largest absolute Gasteiger partial charge is 0.507 e. The molecule has 1 unspecified atom stereocenters. The fourth-order valence-corrected chi connectivity index (χ4v) is 4.79. The molecule has 2 aliphatic rings. The van der Waals surface area contributed by atoms with Crippen molar-refractivity contribution in [3.8, 4) is 0 Å². The van der Waals surface area contributed by atoms with Gasteiger partial charge in [0.15, 0.2) is 0 Å². The van der Waals surface area contributed by atoms with Gasteiger partial charge in [-0.15, -0.1) is 0 Å². The Morgan fingerprint density at radius 1 is 1.03 bits per heavy atom. The molecule has 172 valence electrons. The van der Waals surface area contributed by atoms with Crippen molar-refractivity contribution >= 4 is 34.7 Å². The normalized spacial score (nSPS) is 19.2. The molecule has 1 aromatic heterocycles. The Morgan fingerprint density at radius 2 is 1.82 bits per heavy atom. The fraction of sp³-hybridized carbons (Fsp3) is 0.222. The molecule has 34 heavy (non-hydrogen) atoms. The van der Waals surface area contributed by atoms with Crippen molar-refractivity contribution in [1.82, 2.24) is 0 Å². The number of benzene rings is 2. The summed E-state index contributed by atoms with van der Waals surface area (Å²) in [5.74, 6) is -1.70. The van der Waals surface area contributed by atoms with E-state index in [1.807, 2.05) is 12.1 Å². The summed E-state index contributed by atoms with van der Waals surface area (Å²) in [5.41, 5.74) is 3.77. The van der Waals surface area contributed by atoms with Crippen LogP contribution < -0.4 is 10.2 Å². The van der Waals surface area contributed by atoms with E-state index in [9.17, 15) is 19.5 Å². The van der Waals surface area contributed by atoms with Crippen LogP contribution in [-0.2, 0) is 27.2 Å². The number of nitrogens with one attached hydrogen (secondary N) is 1. The number of ketones is 1. The van der Waals surface area contributed by atoms with Gasteiger partial charge in [0.05, 0.1) is 11.8 Å². The third-order valence-corrected chi connectivity index (χ3v) is 6.32. The average molecular weight is 456 g/mol. The Hall–Kier alpha value is -4.13. The Balaban J connectivity index is 1.64. The standard InChI is InChI=1S/C27H24N2O5/c1-16(30)28-20-8-4-9-21(15-20)29-24(22-10-5-13-34-22)23(26(32)27(29)33)25(31)19-12-11-17-6-2-3-7-18(17)14-19/h4-5,8-15,24,31H,2-3,6-7H2,1H3,(H,28,30)/b25-23-. The van der Waals surface area contributed by atoms with Crippen LogP contribution in [0.5, 0.6) is 0 Å². The second kappa shape index (κ2) is 8.67. The van der Waals surface area contributed by atoms with E-state index in [0.29, 0.717) is 22.7 Å². The summed E-state index contributed by atoms with van der Waals surface area (Å²) in [6.45, 7) is 1.39. The van der Waals surface area contributed by atoms with Gasteiger partial charge in [-0.1, -0.05) is 18.2 Å². The molecule has 1 fully saturated rings. The average Bonchev–Trinajstić information content (AvgIpc) is 3.45. The lowest BCUT2D eigenvalue weighted by atomic mass is 9.89. The zero-order valence-electron chi connectivity index (χ0n) is 18.7. The lowest BCUT2D eigenvalue weighted by Gasteiger charge is -2.24. The first-order valence-corrected chi connectivity index (χ1v) is 11.3. The van der Waals surface area contributed by atoms with E-state index < -0.39 is 17.7 Å². The third-order valence-electron chi connectivity index (χ3n) is 6.32. The lowest BCUT2D eigenvalue weighted by molar-refractivity contribution is -0.132. The molecule has 0 spiro atoms. The van der Waals surface area contributed by atoms with E-state index in [0.717, 1.165) is 31.2 Å². The highest BCUT2D eigenvalue weighted by Gasteiger charge is 2.48. The molecule has 2 heterocycles. The van der Waals surface area contributed by atoms with Crippen LogP contribution in [0.25, 0.3) is 5.76 Å². The first-order chi connectivity index (χ1) is 16.4. The van der Waals surface area contributed by atoms with Gasteiger partial charge in [0, 0.05) is 23.9 Å². The van der Waals surface area contributed by atoms with Crippen LogP contribution >= 0.6 is 0 Å². The summed E-state index contributed by atoms with van der Waals surface area (Å²) < 4.78 is 5.61. The summed E-state index contributed by atoms with van der Waals surface area (Å²) in [7, 11) is 0. The van der Waals surface area contributed by atoms with Crippen molar-refractivity contribution in [3.63, 3.8) is 0 Å². The van der Waals surface area contributed by atoms with Crippen molar-refractivity contribution in [3.05, 3.63) is 88.9 Å².